The van der Waals surface area contributed by atoms with Gasteiger partial charge in [0, 0.05) is 0 Å². The minimum Gasteiger partial charge on any atom is -0.483 e. The molecule has 0 atom stereocenters. The highest BCUT2D eigenvalue weighted by Crippen LogP contribution is 2.17. The first-order chi connectivity index (χ1) is 4.81. The number of hydrogen-bond donors (Lipinski definition) is 1. The summed E-state index contributed by atoms with van der Waals surface area (Å²) in [6.07, 6.45) is 5.53. The van der Waals surface area contributed by atoms with Crippen molar-refractivity contribution in [3.8, 4) is 0 Å². The van der Waals surface area contributed by atoms with Gasteiger partial charge in [-0.15, -0.1) is 0 Å². The van der Waals surface area contributed by atoms with Gasteiger partial charge in [0.15, 0.2) is 0 Å². The summed E-state index contributed by atoms with van der Waals surface area (Å²) in [5, 5.41) is 6.89. The first-order valence-corrected chi connectivity index (χ1v) is 3.23. The van der Waals surface area contributed by atoms with Crippen molar-refractivity contribution >= 4 is 6.47 Å². The van der Waals surface area contributed by atoms with Gasteiger partial charge in [0.05, 0.1) is 5.83 Å². The van der Waals surface area contributed by atoms with E-state index in [1.54, 1.807) is 6.08 Å². The van der Waals surface area contributed by atoms with Crippen LogP contribution in [0.15, 0.2) is 11.9 Å². The van der Waals surface area contributed by atoms with Crippen LogP contribution in [0.2, 0.25) is 0 Å². The maximum Gasteiger partial charge on any atom is 0.290 e. The molecule has 0 bridgehead atoms. The van der Waals surface area contributed by atoms with E-state index >= 15 is 0 Å². The highest BCUT2D eigenvalue weighted by Gasteiger charge is 1.99. The largest absolute Gasteiger partial charge is 0.483 e. The zero-order valence-electron chi connectivity index (χ0n) is 5.72. The molecule has 1 N–H and O–H groups in total. The summed E-state index contributed by atoms with van der Waals surface area (Å²) in [6.45, 7) is -0.250. The average molecular weight is 146 g/mol. The van der Waals surface area contributed by atoms with E-state index in [0.29, 0.717) is 6.42 Å². The Morgan fingerprint density at radius 1 is 1.60 bits per heavy atom. The molecule has 0 amide bonds. The van der Waals surface area contributed by atoms with Gasteiger partial charge < -0.3 is 5.11 Å². The first-order valence-electron chi connectivity index (χ1n) is 3.23. The van der Waals surface area contributed by atoms with Crippen LogP contribution in [-0.4, -0.2) is 11.6 Å². The van der Waals surface area contributed by atoms with Crippen LogP contribution in [0.1, 0.15) is 25.7 Å². The molecule has 0 unspecified atom stereocenters. The normalized spacial score (nSPS) is 16.3. The number of halogens is 1. The first kappa shape index (κ1) is 9.14. The molecule has 0 fully saturated rings. The summed E-state index contributed by atoms with van der Waals surface area (Å²) in [4.78, 5) is 8.36. The molecule has 0 aliphatic heterocycles. The van der Waals surface area contributed by atoms with Crippen LogP contribution in [0.5, 0.6) is 0 Å². The molecule has 58 valence electrons. The Morgan fingerprint density at radius 2 is 2.20 bits per heavy atom. The smallest absolute Gasteiger partial charge is 0.290 e. The fourth-order valence-electron chi connectivity index (χ4n) is 0.799. The number of hydrogen-bond acceptors (Lipinski definition) is 1. The van der Waals surface area contributed by atoms with Crippen molar-refractivity contribution in [3.05, 3.63) is 11.9 Å². The van der Waals surface area contributed by atoms with Gasteiger partial charge >= 0.3 is 0 Å². The van der Waals surface area contributed by atoms with Gasteiger partial charge in [-0.1, -0.05) is 6.08 Å². The summed E-state index contributed by atoms with van der Waals surface area (Å²) in [5.41, 5.74) is 0. The second kappa shape index (κ2) is 6.26. The standard InChI is InChI=1S/C6H9F.CH2O2/c7-6-4-2-1-3-5-6;2-1-3/h4H,1-3,5H2;1H,(H,2,3). The third kappa shape index (κ3) is 5.28. The van der Waals surface area contributed by atoms with E-state index < -0.39 is 0 Å². The third-order valence-electron chi connectivity index (χ3n) is 1.24. The monoisotopic (exact) mass is 146 g/mol. The highest BCUT2D eigenvalue weighted by molar-refractivity contribution is 5.32. The zero-order chi connectivity index (χ0) is 7.82. The van der Waals surface area contributed by atoms with E-state index in [1.807, 2.05) is 0 Å². The highest BCUT2D eigenvalue weighted by atomic mass is 19.1. The van der Waals surface area contributed by atoms with Crippen LogP contribution in [0.4, 0.5) is 4.39 Å². The lowest BCUT2D eigenvalue weighted by Gasteiger charge is -2.02. The minimum absolute atomic E-state index is 0.0891. The van der Waals surface area contributed by atoms with Crippen molar-refractivity contribution in [3.63, 3.8) is 0 Å². The van der Waals surface area contributed by atoms with Gasteiger partial charge in [-0.05, 0) is 25.7 Å². The van der Waals surface area contributed by atoms with Crippen molar-refractivity contribution in [2.24, 2.45) is 0 Å². The van der Waals surface area contributed by atoms with Crippen molar-refractivity contribution in [2.45, 2.75) is 25.7 Å². The van der Waals surface area contributed by atoms with Gasteiger partial charge in [-0.25, -0.2) is 4.39 Å². The van der Waals surface area contributed by atoms with Crippen LogP contribution in [0, 0.1) is 0 Å². The van der Waals surface area contributed by atoms with E-state index in [4.69, 9.17) is 9.90 Å². The van der Waals surface area contributed by atoms with E-state index in [2.05, 4.69) is 0 Å². The molecule has 1 rings (SSSR count). The topological polar surface area (TPSA) is 37.3 Å². The predicted molar refractivity (Wildman–Crippen MR) is 36.4 cm³/mol. The minimum atomic E-state index is -0.250. The molecular weight excluding hydrogens is 135 g/mol. The maximum absolute atomic E-state index is 12.0. The molecule has 0 aromatic heterocycles. The van der Waals surface area contributed by atoms with E-state index in [9.17, 15) is 4.39 Å². The van der Waals surface area contributed by atoms with Crippen LogP contribution in [-0.2, 0) is 4.79 Å². The van der Waals surface area contributed by atoms with Crippen LogP contribution in [0.25, 0.3) is 0 Å². The number of carbonyl (C=O) groups is 1. The number of allylic oxidation sites excluding steroid dienone is 2. The Labute approximate surface area is 59.4 Å². The van der Waals surface area contributed by atoms with E-state index in [1.165, 1.54) is 6.42 Å². The van der Waals surface area contributed by atoms with E-state index in [0.717, 1.165) is 12.8 Å². The maximum atomic E-state index is 12.0. The van der Waals surface area contributed by atoms with Crippen LogP contribution in [0.3, 0.4) is 0 Å². The van der Waals surface area contributed by atoms with E-state index in [-0.39, 0.29) is 12.3 Å². The molecule has 0 saturated carbocycles. The lowest BCUT2D eigenvalue weighted by Crippen LogP contribution is -1.84. The van der Waals surface area contributed by atoms with Gasteiger partial charge in [-0.3, -0.25) is 4.79 Å². The van der Waals surface area contributed by atoms with Crippen molar-refractivity contribution in [1.82, 2.24) is 0 Å². The molecule has 0 spiro atoms. The molecule has 0 saturated heterocycles. The summed E-state index contributed by atoms with van der Waals surface area (Å²) in [7, 11) is 0. The second-order valence-corrected chi connectivity index (χ2v) is 2.00. The molecule has 10 heavy (non-hydrogen) atoms. The summed E-state index contributed by atoms with van der Waals surface area (Å²) in [5.74, 6) is 0.0891. The van der Waals surface area contributed by atoms with Gasteiger partial charge in [0.25, 0.3) is 6.47 Å². The van der Waals surface area contributed by atoms with Gasteiger partial charge in [0.2, 0.25) is 0 Å². The lowest BCUT2D eigenvalue weighted by molar-refractivity contribution is -0.122. The fraction of sp³-hybridized carbons (Fsp3) is 0.571. The summed E-state index contributed by atoms with van der Waals surface area (Å²) in [6, 6.07) is 0. The van der Waals surface area contributed by atoms with Gasteiger partial charge in [-0.2, -0.15) is 0 Å². The fourth-order valence-corrected chi connectivity index (χ4v) is 0.799. The molecule has 3 heteroatoms. The summed E-state index contributed by atoms with van der Waals surface area (Å²) < 4.78 is 12.0. The Morgan fingerprint density at radius 3 is 2.40 bits per heavy atom. The molecule has 0 aromatic rings. The molecule has 0 heterocycles. The third-order valence-corrected chi connectivity index (χ3v) is 1.24. The Hall–Kier alpha value is -0.860. The average Bonchev–Trinajstić information content (AvgIpc) is 1.91. The lowest BCUT2D eigenvalue weighted by atomic mass is 10.1. The van der Waals surface area contributed by atoms with Crippen molar-refractivity contribution in [1.29, 1.82) is 0 Å². The quantitative estimate of drug-likeness (QED) is 0.531. The van der Waals surface area contributed by atoms with Gasteiger partial charge in [0.1, 0.15) is 0 Å². The molecule has 1 aliphatic carbocycles. The Kier molecular flexibility index (Phi) is 5.72. The molecular formula is C7H11FO2. The predicted octanol–water partition coefficient (Wildman–Crippen LogP) is 2.11. The molecule has 2 nitrogen and oxygen atoms in total. The van der Waals surface area contributed by atoms with Crippen LogP contribution < -0.4 is 0 Å². The summed E-state index contributed by atoms with van der Waals surface area (Å²) >= 11 is 0. The Bertz CT molecular complexity index is 121. The van der Waals surface area contributed by atoms with Crippen molar-refractivity contribution < 1.29 is 14.3 Å². The van der Waals surface area contributed by atoms with Crippen molar-refractivity contribution in [2.75, 3.05) is 0 Å². The molecule has 0 aromatic carbocycles. The second-order valence-electron chi connectivity index (χ2n) is 2.00. The Balaban J connectivity index is 0.000000236. The molecule has 0 radical (unpaired) electrons. The number of carboxylic acid groups (broad SMARTS) is 1. The SMILES string of the molecule is FC1=CCCCC1.O=CO. The zero-order valence-corrected chi connectivity index (χ0v) is 5.72. The number of rotatable bonds is 0. The van der Waals surface area contributed by atoms with Crippen LogP contribution >= 0.6 is 0 Å². The molecule has 1 aliphatic rings.